The van der Waals surface area contributed by atoms with Gasteiger partial charge in [-0.1, -0.05) is 37.3 Å². The van der Waals surface area contributed by atoms with Crippen molar-refractivity contribution in [3.8, 4) is 0 Å². The average molecular weight is 324 g/mol. The van der Waals surface area contributed by atoms with Crippen LogP contribution >= 0.6 is 0 Å². The minimum Gasteiger partial charge on any atom is -0.361 e. The molecule has 0 saturated heterocycles. The van der Waals surface area contributed by atoms with Gasteiger partial charge in [0.15, 0.2) is 0 Å². The van der Waals surface area contributed by atoms with Gasteiger partial charge in [-0.25, -0.2) is 4.39 Å². The molecule has 0 radical (unpaired) electrons. The van der Waals surface area contributed by atoms with Crippen LogP contribution in [0.4, 0.5) is 4.39 Å². The van der Waals surface area contributed by atoms with Gasteiger partial charge < -0.3 is 10.3 Å². The third-order valence-corrected chi connectivity index (χ3v) is 4.21. The van der Waals surface area contributed by atoms with Crippen molar-refractivity contribution in [1.82, 2.24) is 10.3 Å². The first-order chi connectivity index (χ1) is 11.7. The van der Waals surface area contributed by atoms with Crippen LogP contribution in [0.5, 0.6) is 0 Å². The maximum absolute atomic E-state index is 13.7. The molecule has 0 fully saturated rings. The molecule has 1 heterocycles. The minimum atomic E-state index is -0.286. The van der Waals surface area contributed by atoms with Crippen LogP contribution in [0.1, 0.15) is 36.8 Å². The predicted molar refractivity (Wildman–Crippen MR) is 94.5 cm³/mol. The molecular formula is C20H21FN2O. The molecular weight excluding hydrogens is 303 g/mol. The van der Waals surface area contributed by atoms with Gasteiger partial charge in [0.05, 0.1) is 0 Å². The van der Waals surface area contributed by atoms with Gasteiger partial charge >= 0.3 is 0 Å². The van der Waals surface area contributed by atoms with E-state index in [-0.39, 0.29) is 17.6 Å². The summed E-state index contributed by atoms with van der Waals surface area (Å²) in [6.07, 6.45) is 3.11. The van der Waals surface area contributed by atoms with E-state index in [2.05, 4.69) is 10.3 Å². The van der Waals surface area contributed by atoms with Crippen LogP contribution in [0.2, 0.25) is 0 Å². The van der Waals surface area contributed by atoms with Gasteiger partial charge in [0.2, 0.25) is 5.91 Å². The molecule has 2 N–H and O–H groups in total. The second-order valence-electron chi connectivity index (χ2n) is 5.95. The molecule has 0 aliphatic rings. The minimum absolute atomic E-state index is 0.0172. The van der Waals surface area contributed by atoms with Gasteiger partial charge in [-0.15, -0.1) is 0 Å². The number of aromatic amines is 1. The number of aromatic nitrogens is 1. The number of halogens is 1. The van der Waals surface area contributed by atoms with Crippen LogP contribution in [0.25, 0.3) is 10.9 Å². The summed E-state index contributed by atoms with van der Waals surface area (Å²) < 4.78 is 13.7. The fourth-order valence-electron chi connectivity index (χ4n) is 3.03. The van der Waals surface area contributed by atoms with E-state index in [0.29, 0.717) is 13.0 Å². The number of para-hydroxylation sites is 1. The smallest absolute Gasteiger partial charge is 0.220 e. The van der Waals surface area contributed by atoms with E-state index < -0.39 is 0 Å². The van der Waals surface area contributed by atoms with Crippen molar-refractivity contribution in [2.75, 3.05) is 6.54 Å². The number of carbonyl (C=O) groups excluding carboxylic acids is 1. The van der Waals surface area contributed by atoms with Crippen LogP contribution in [0, 0.1) is 5.82 Å². The lowest BCUT2D eigenvalue weighted by molar-refractivity contribution is -0.121. The summed E-state index contributed by atoms with van der Waals surface area (Å²) in [6.45, 7) is 2.67. The number of rotatable bonds is 6. The summed E-state index contributed by atoms with van der Waals surface area (Å²) in [7, 11) is 0. The van der Waals surface area contributed by atoms with E-state index in [0.717, 1.165) is 28.5 Å². The molecule has 0 saturated carbocycles. The van der Waals surface area contributed by atoms with Crippen LogP contribution in [0.3, 0.4) is 0 Å². The molecule has 3 nitrogen and oxygen atoms in total. The molecule has 4 heteroatoms. The summed E-state index contributed by atoms with van der Waals surface area (Å²) in [5, 5.41) is 3.98. The molecule has 3 rings (SSSR count). The van der Waals surface area contributed by atoms with Crippen molar-refractivity contribution < 1.29 is 9.18 Å². The average Bonchev–Trinajstić information content (AvgIpc) is 3.02. The second-order valence-corrected chi connectivity index (χ2v) is 5.95. The SMILES string of the molecule is CCCNC(=O)C[C@@H](c1cccc(F)c1)c1c[nH]c2ccccc12. The highest BCUT2D eigenvalue weighted by Crippen LogP contribution is 2.33. The number of nitrogens with one attached hydrogen (secondary N) is 2. The van der Waals surface area contributed by atoms with Crippen molar-refractivity contribution in [2.24, 2.45) is 0 Å². The Kier molecular flexibility index (Phi) is 4.94. The molecule has 0 aliphatic carbocycles. The molecule has 0 aliphatic heterocycles. The molecule has 2 aromatic carbocycles. The largest absolute Gasteiger partial charge is 0.361 e. The van der Waals surface area contributed by atoms with Gasteiger partial charge in [-0.05, 0) is 35.7 Å². The summed E-state index contributed by atoms with van der Waals surface area (Å²) in [4.78, 5) is 15.5. The second kappa shape index (κ2) is 7.30. The normalized spacial score (nSPS) is 12.2. The predicted octanol–water partition coefficient (Wildman–Crippen LogP) is 4.36. The number of amides is 1. The Morgan fingerprint density at radius 1 is 1.21 bits per heavy atom. The first-order valence-electron chi connectivity index (χ1n) is 8.27. The Bertz CT molecular complexity index is 840. The number of hydrogen-bond donors (Lipinski definition) is 2. The molecule has 0 bridgehead atoms. The van der Waals surface area contributed by atoms with Gasteiger partial charge in [0, 0.05) is 36.0 Å². The number of carbonyl (C=O) groups is 1. The summed E-state index contributed by atoms with van der Waals surface area (Å²) in [5.41, 5.74) is 2.84. The third kappa shape index (κ3) is 3.48. The molecule has 1 aromatic heterocycles. The maximum Gasteiger partial charge on any atom is 0.220 e. The first kappa shape index (κ1) is 16.2. The van der Waals surface area contributed by atoms with Crippen LogP contribution in [-0.4, -0.2) is 17.4 Å². The lowest BCUT2D eigenvalue weighted by atomic mass is 9.88. The fourth-order valence-corrected chi connectivity index (χ4v) is 3.03. The van der Waals surface area contributed by atoms with Crippen molar-refractivity contribution in [3.05, 3.63) is 71.7 Å². The standard InChI is InChI=1S/C20H21FN2O/c1-2-10-22-20(24)12-17(14-6-5-7-15(21)11-14)18-13-23-19-9-4-3-8-16(18)19/h3-9,11,13,17,23H,2,10,12H2,1H3,(H,22,24)/t17-/m0/s1. The Balaban J connectivity index is 2.00. The Hall–Kier alpha value is -2.62. The van der Waals surface area contributed by atoms with Crippen molar-refractivity contribution in [2.45, 2.75) is 25.7 Å². The number of H-pyrrole nitrogens is 1. The lowest BCUT2D eigenvalue weighted by Gasteiger charge is -2.17. The first-order valence-corrected chi connectivity index (χ1v) is 8.27. The molecule has 124 valence electrons. The van der Waals surface area contributed by atoms with E-state index in [1.165, 1.54) is 12.1 Å². The summed E-state index contributed by atoms with van der Waals surface area (Å²) in [5.74, 6) is -0.489. The van der Waals surface area contributed by atoms with E-state index in [9.17, 15) is 9.18 Å². The zero-order chi connectivity index (χ0) is 16.9. The summed E-state index contributed by atoms with van der Waals surface area (Å²) in [6, 6.07) is 14.5. The molecule has 1 atom stereocenters. The van der Waals surface area contributed by atoms with E-state index >= 15 is 0 Å². The molecule has 3 aromatic rings. The van der Waals surface area contributed by atoms with E-state index in [4.69, 9.17) is 0 Å². The highest BCUT2D eigenvalue weighted by molar-refractivity contribution is 5.86. The number of fused-ring (bicyclic) bond motifs is 1. The quantitative estimate of drug-likeness (QED) is 0.695. The van der Waals surface area contributed by atoms with Crippen molar-refractivity contribution in [3.63, 3.8) is 0 Å². The molecule has 1 amide bonds. The monoisotopic (exact) mass is 324 g/mol. The summed E-state index contributed by atoms with van der Waals surface area (Å²) >= 11 is 0. The third-order valence-electron chi connectivity index (χ3n) is 4.21. The number of benzene rings is 2. The van der Waals surface area contributed by atoms with Crippen LogP contribution in [-0.2, 0) is 4.79 Å². The van der Waals surface area contributed by atoms with Gasteiger partial charge in [0.25, 0.3) is 0 Å². The zero-order valence-corrected chi connectivity index (χ0v) is 13.7. The molecule has 24 heavy (non-hydrogen) atoms. The Morgan fingerprint density at radius 2 is 2.04 bits per heavy atom. The Morgan fingerprint density at radius 3 is 2.83 bits per heavy atom. The number of hydrogen-bond acceptors (Lipinski definition) is 1. The highest BCUT2D eigenvalue weighted by atomic mass is 19.1. The fraction of sp³-hybridized carbons (Fsp3) is 0.250. The van der Waals surface area contributed by atoms with Crippen LogP contribution in [0.15, 0.2) is 54.7 Å². The van der Waals surface area contributed by atoms with E-state index in [1.807, 2.05) is 43.5 Å². The highest BCUT2D eigenvalue weighted by Gasteiger charge is 2.21. The van der Waals surface area contributed by atoms with Crippen LogP contribution < -0.4 is 5.32 Å². The lowest BCUT2D eigenvalue weighted by Crippen LogP contribution is -2.26. The maximum atomic E-state index is 13.7. The molecule has 0 spiro atoms. The van der Waals surface area contributed by atoms with E-state index in [1.54, 1.807) is 6.07 Å². The topological polar surface area (TPSA) is 44.9 Å². The zero-order valence-electron chi connectivity index (χ0n) is 13.7. The van der Waals surface area contributed by atoms with Crippen molar-refractivity contribution in [1.29, 1.82) is 0 Å². The van der Waals surface area contributed by atoms with Gasteiger partial charge in [0.1, 0.15) is 5.82 Å². The molecule has 0 unspecified atom stereocenters. The Labute approximate surface area is 140 Å². The van der Waals surface area contributed by atoms with Gasteiger partial charge in [-0.3, -0.25) is 4.79 Å². The van der Waals surface area contributed by atoms with Gasteiger partial charge in [-0.2, -0.15) is 0 Å². The van der Waals surface area contributed by atoms with Crippen molar-refractivity contribution >= 4 is 16.8 Å².